The van der Waals surface area contributed by atoms with Crippen LogP contribution in [0, 0.1) is 6.92 Å². The maximum Gasteiger partial charge on any atom is 0.291 e. The van der Waals surface area contributed by atoms with Crippen LogP contribution in [0.1, 0.15) is 32.6 Å². The molecule has 1 aliphatic rings. The molecule has 0 spiro atoms. The molecule has 3 heterocycles. The first-order valence-electron chi connectivity index (χ1n) is 9.15. The second-order valence-electron chi connectivity index (χ2n) is 6.65. The molecule has 1 atom stereocenters. The third-order valence-electron chi connectivity index (χ3n) is 4.76. The van der Waals surface area contributed by atoms with Crippen LogP contribution < -0.4 is 5.32 Å². The first kappa shape index (κ1) is 19.2. The van der Waals surface area contributed by atoms with Crippen LogP contribution >= 0.6 is 22.9 Å². The number of aryl methyl sites for hydroxylation is 1. The molecule has 0 aliphatic carbocycles. The van der Waals surface area contributed by atoms with E-state index in [0.29, 0.717) is 18.2 Å². The Balaban J connectivity index is 1.74. The maximum atomic E-state index is 12.6. The summed E-state index contributed by atoms with van der Waals surface area (Å²) in [7, 11) is 0. The molecule has 0 unspecified atom stereocenters. The zero-order valence-electron chi connectivity index (χ0n) is 15.5. The van der Waals surface area contributed by atoms with E-state index in [2.05, 4.69) is 16.3 Å². The summed E-state index contributed by atoms with van der Waals surface area (Å²) in [6, 6.07) is 13.3. The average molecular weight is 417 g/mol. The Hall–Kier alpha value is -2.12. The van der Waals surface area contributed by atoms with Gasteiger partial charge >= 0.3 is 0 Å². The topological polar surface area (TPSA) is 54.7 Å². The van der Waals surface area contributed by atoms with Gasteiger partial charge < -0.3 is 14.5 Å². The van der Waals surface area contributed by atoms with Gasteiger partial charge in [0.05, 0.1) is 25.5 Å². The van der Waals surface area contributed by atoms with Gasteiger partial charge in [-0.1, -0.05) is 29.8 Å². The lowest BCUT2D eigenvalue weighted by atomic mass is 9.97. The lowest BCUT2D eigenvalue weighted by Gasteiger charge is -2.35. The number of nitrogens with one attached hydrogen (secondary N) is 1. The molecule has 1 amide bonds. The fourth-order valence-corrected chi connectivity index (χ4v) is 4.68. The first-order valence-corrected chi connectivity index (χ1v) is 10.3. The third kappa shape index (κ3) is 4.00. The zero-order chi connectivity index (χ0) is 19.5. The van der Waals surface area contributed by atoms with Crippen LogP contribution in [0.4, 0.5) is 5.00 Å². The van der Waals surface area contributed by atoms with Gasteiger partial charge in [-0.3, -0.25) is 9.69 Å². The molecule has 1 fully saturated rings. The summed E-state index contributed by atoms with van der Waals surface area (Å²) in [4.78, 5) is 16.1. The molecule has 7 heteroatoms. The normalized spacial score (nSPS) is 16.1. The number of morpholine rings is 1. The van der Waals surface area contributed by atoms with Gasteiger partial charge in [0.2, 0.25) is 0 Å². The van der Waals surface area contributed by atoms with E-state index in [9.17, 15) is 4.79 Å². The standard InChI is InChI=1S/C21H21ClN2O3S/c1-14-13-16(21(28-14)23-20(25)18-7-4-10-27-18)19(24-8-11-26-12-9-24)15-5-2-3-6-17(15)22/h2-7,10,13,19H,8-9,11-12H2,1H3,(H,23,25)/t19-/m0/s1. The van der Waals surface area contributed by atoms with E-state index >= 15 is 0 Å². The van der Waals surface area contributed by atoms with E-state index in [0.717, 1.165) is 34.1 Å². The number of rotatable bonds is 5. The van der Waals surface area contributed by atoms with Crippen molar-refractivity contribution in [3.05, 3.63) is 75.5 Å². The number of carbonyl (C=O) groups excluding carboxylic acids is 1. The van der Waals surface area contributed by atoms with Crippen molar-refractivity contribution in [2.24, 2.45) is 0 Å². The predicted molar refractivity (Wildman–Crippen MR) is 111 cm³/mol. The molecule has 1 saturated heterocycles. The molecule has 0 bridgehead atoms. The number of amides is 1. The zero-order valence-corrected chi connectivity index (χ0v) is 17.1. The van der Waals surface area contributed by atoms with Crippen molar-refractivity contribution >= 4 is 33.8 Å². The van der Waals surface area contributed by atoms with Crippen molar-refractivity contribution in [2.75, 3.05) is 31.6 Å². The number of furan rings is 1. The van der Waals surface area contributed by atoms with Gasteiger partial charge in [0.1, 0.15) is 5.00 Å². The number of carbonyl (C=O) groups is 1. The second-order valence-corrected chi connectivity index (χ2v) is 8.31. The van der Waals surface area contributed by atoms with Crippen LogP contribution in [0.15, 0.2) is 53.1 Å². The minimum absolute atomic E-state index is 0.0607. The number of ether oxygens (including phenoxy) is 1. The van der Waals surface area contributed by atoms with Crippen molar-refractivity contribution in [3.63, 3.8) is 0 Å². The maximum absolute atomic E-state index is 12.6. The van der Waals surface area contributed by atoms with E-state index in [-0.39, 0.29) is 17.7 Å². The number of nitrogens with zero attached hydrogens (tertiary/aromatic N) is 1. The van der Waals surface area contributed by atoms with Gasteiger partial charge in [-0.15, -0.1) is 11.3 Å². The Morgan fingerprint density at radius 3 is 2.68 bits per heavy atom. The Morgan fingerprint density at radius 2 is 1.96 bits per heavy atom. The van der Waals surface area contributed by atoms with Gasteiger partial charge in [-0.25, -0.2) is 0 Å². The Labute approximate surface area is 172 Å². The van der Waals surface area contributed by atoms with E-state index in [1.807, 2.05) is 31.2 Å². The minimum atomic E-state index is -0.256. The summed E-state index contributed by atoms with van der Waals surface area (Å²) in [5, 5.41) is 4.56. The molecule has 1 N–H and O–H groups in total. The van der Waals surface area contributed by atoms with Crippen LogP contribution in [0.2, 0.25) is 5.02 Å². The van der Waals surface area contributed by atoms with Gasteiger partial charge in [-0.05, 0) is 36.8 Å². The predicted octanol–water partition coefficient (Wildman–Crippen LogP) is 4.98. The van der Waals surface area contributed by atoms with Crippen molar-refractivity contribution in [1.29, 1.82) is 0 Å². The Bertz CT molecular complexity index is 948. The minimum Gasteiger partial charge on any atom is -0.459 e. The Morgan fingerprint density at radius 1 is 1.18 bits per heavy atom. The number of halogens is 1. The SMILES string of the molecule is Cc1cc([C@H](c2ccccc2Cl)N2CCOCC2)c(NC(=O)c2ccco2)s1. The Kier molecular flexibility index (Phi) is 5.82. The molecular weight excluding hydrogens is 396 g/mol. The largest absolute Gasteiger partial charge is 0.459 e. The van der Waals surface area contributed by atoms with Gasteiger partial charge in [0, 0.05) is 28.6 Å². The smallest absolute Gasteiger partial charge is 0.291 e. The number of anilines is 1. The van der Waals surface area contributed by atoms with Gasteiger partial charge in [-0.2, -0.15) is 0 Å². The quantitative estimate of drug-likeness (QED) is 0.637. The summed E-state index contributed by atoms with van der Waals surface area (Å²) in [6.45, 7) is 5.00. The lowest BCUT2D eigenvalue weighted by molar-refractivity contribution is 0.0241. The summed E-state index contributed by atoms with van der Waals surface area (Å²) in [6.07, 6.45) is 1.50. The highest BCUT2D eigenvalue weighted by Gasteiger charge is 2.29. The van der Waals surface area contributed by atoms with E-state index in [1.54, 1.807) is 23.5 Å². The summed E-state index contributed by atoms with van der Waals surface area (Å²) >= 11 is 8.14. The monoisotopic (exact) mass is 416 g/mol. The summed E-state index contributed by atoms with van der Waals surface area (Å²) < 4.78 is 10.8. The number of hydrogen-bond acceptors (Lipinski definition) is 5. The molecule has 1 aliphatic heterocycles. The van der Waals surface area contributed by atoms with Crippen LogP contribution in [-0.4, -0.2) is 37.1 Å². The first-order chi connectivity index (χ1) is 13.6. The molecule has 0 radical (unpaired) electrons. The lowest BCUT2D eigenvalue weighted by Crippen LogP contribution is -2.39. The fourth-order valence-electron chi connectivity index (χ4n) is 3.50. The number of benzene rings is 1. The van der Waals surface area contributed by atoms with Crippen LogP contribution in [0.25, 0.3) is 0 Å². The fraction of sp³-hybridized carbons (Fsp3) is 0.286. The summed E-state index contributed by atoms with van der Waals surface area (Å²) in [5.74, 6) is 0.0330. The molecule has 5 nitrogen and oxygen atoms in total. The molecular formula is C21H21ClN2O3S. The van der Waals surface area contributed by atoms with E-state index < -0.39 is 0 Å². The molecule has 1 aromatic carbocycles. The van der Waals surface area contributed by atoms with Crippen molar-refractivity contribution in [3.8, 4) is 0 Å². The van der Waals surface area contributed by atoms with Crippen molar-refractivity contribution < 1.29 is 13.9 Å². The van der Waals surface area contributed by atoms with E-state index in [1.165, 1.54) is 6.26 Å². The highest BCUT2D eigenvalue weighted by atomic mass is 35.5. The van der Waals surface area contributed by atoms with Crippen LogP contribution in [0.5, 0.6) is 0 Å². The molecule has 0 saturated carbocycles. The number of hydrogen-bond donors (Lipinski definition) is 1. The molecule has 4 rings (SSSR count). The van der Waals surface area contributed by atoms with Gasteiger partial charge in [0.15, 0.2) is 5.76 Å². The van der Waals surface area contributed by atoms with E-state index in [4.69, 9.17) is 20.8 Å². The third-order valence-corrected chi connectivity index (χ3v) is 6.09. The van der Waals surface area contributed by atoms with Crippen molar-refractivity contribution in [1.82, 2.24) is 4.90 Å². The highest BCUT2D eigenvalue weighted by Crippen LogP contribution is 2.41. The molecule has 3 aromatic rings. The second kappa shape index (κ2) is 8.49. The average Bonchev–Trinajstić information content (AvgIpc) is 3.35. The van der Waals surface area contributed by atoms with Crippen LogP contribution in [0.3, 0.4) is 0 Å². The number of thiophene rings is 1. The molecule has 28 heavy (non-hydrogen) atoms. The molecule has 2 aromatic heterocycles. The van der Waals surface area contributed by atoms with Gasteiger partial charge in [0.25, 0.3) is 5.91 Å². The summed E-state index contributed by atoms with van der Waals surface area (Å²) in [5.41, 5.74) is 2.06. The van der Waals surface area contributed by atoms with Crippen LogP contribution in [-0.2, 0) is 4.74 Å². The molecule has 146 valence electrons. The highest BCUT2D eigenvalue weighted by molar-refractivity contribution is 7.16. The van der Waals surface area contributed by atoms with Crippen molar-refractivity contribution in [2.45, 2.75) is 13.0 Å².